The van der Waals surface area contributed by atoms with Gasteiger partial charge in [0.15, 0.2) is 11.5 Å². The number of nitrogens with two attached hydrogens (primary N) is 2. The molecule has 0 saturated heterocycles. The average Bonchev–Trinajstić information content (AvgIpc) is 2.64. The molecule has 1 unspecified atom stereocenters. The molecule has 148 valence electrons. The lowest BCUT2D eigenvalue weighted by molar-refractivity contribution is -0.119. The van der Waals surface area contributed by atoms with E-state index in [4.69, 9.17) is 20.9 Å². The van der Waals surface area contributed by atoms with Crippen molar-refractivity contribution < 1.29 is 14.3 Å². The van der Waals surface area contributed by atoms with E-state index in [-0.39, 0.29) is 11.8 Å². The lowest BCUT2D eigenvalue weighted by Crippen LogP contribution is -2.21. The Labute approximate surface area is 158 Å². The largest absolute Gasteiger partial charge is 0.493 e. The zero-order chi connectivity index (χ0) is 19.2. The summed E-state index contributed by atoms with van der Waals surface area (Å²) in [5, 5.41) is 0. The first-order valence-electron chi connectivity index (χ1n) is 9.94. The topological polar surface area (TPSA) is 87.6 Å². The Bertz CT molecular complexity index is 520. The van der Waals surface area contributed by atoms with Crippen molar-refractivity contribution in [2.75, 3.05) is 20.3 Å². The van der Waals surface area contributed by atoms with Crippen LogP contribution in [0.3, 0.4) is 0 Å². The molecule has 0 aromatic heterocycles. The van der Waals surface area contributed by atoms with Gasteiger partial charge in [0.1, 0.15) is 6.61 Å². The van der Waals surface area contributed by atoms with E-state index >= 15 is 0 Å². The minimum absolute atomic E-state index is 0.285. The molecule has 0 bridgehead atoms. The second kappa shape index (κ2) is 13.5. The van der Waals surface area contributed by atoms with Gasteiger partial charge < -0.3 is 20.9 Å². The molecule has 5 nitrogen and oxygen atoms in total. The third kappa shape index (κ3) is 8.09. The maximum atomic E-state index is 11.9. The summed E-state index contributed by atoms with van der Waals surface area (Å²) in [5.74, 6) is 0.674. The molecule has 0 saturated carbocycles. The minimum Gasteiger partial charge on any atom is -0.493 e. The van der Waals surface area contributed by atoms with Crippen molar-refractivity contribution in [1.29, 1.82) is 0 Å². The number of primary amides is 1. The fourth-order valence-corrected chi connectivity index (χ4v) is 3.14. The summed E-state index contributed by atoms with van der Waals surface area (Å²) in [6.07, 6.45) is 10.7. The number of ether oxygens (including phenoxy) is 2. The van der Waals surface area contributed by atoms with Crippen LogP contribution in [0.1, 0.15) is 76.2 Å². The lowest BCUT2D eigenvalue weighted by atomic mass is 9.92. The Hall–Kier alpha value is -1.75. The van der Waals surface area contributed by atoms with Gasteiger partial charge in [-0.2, -0.15) is 0 Å². The van der Waals surface area contributed by atoms with Crippen LogP contribution >= 0.6 is 0 Å². The van der Waals surface area contributed by atoms with Crippen LogP contribution < -0.4 is 20.9 Å². The van der Waals surface area contributed by atoms with Crippen LogP contribution in [-0.4, -0.2) is 26.2 Å². The quantitative estimate of drug-likeness (QED) is 0.458. The molecule has 26 heavy (non-hydrogen) atoms. The van der Waals surface area contributed by atoms with E-state index in [0.29, 0.717) is 24.7 Å². The zero-order valence-electron chi connectivity index (χ0n) is 16.5. The molecule has 0 fully saturated rings. The smallest absolute Gasteiger partial charge is 0.224 e. The molecule has 0 aliphatic heterocycles. The second-order valence-electron chi connectivity index (χ2n) is 6.77. The summed E-state index contributed by atoms with van der Waals surface area (Å²) in [5.41, 5.74) is 12.0. The van der Waals surface area contributed by atoms with Crippen molar-refractivity contribution in [3.63, 3.8) is 0 Å². The first-order chi connectivity index (χ1) is 12.6. The predicted molar refractivity (Wildman–Crippen MR) is 107 cm³/mol. The van der Waals surface area contributed by atoms with E-state index in [2.05, 4.69) is 6.92 Å². The van der Waals surface area contributed by atoms with Crippen molar-refractivity contribution in [3.8, 4) is 11.5 Å². The normalized spacial score (nSPS) is 12.0. The summed E-state index contributed by atoms with van der Waals surface area (Å²) >= 11 is 0. The van der Waals surface area contributed by atoms with Gasteiger partial charge in [-0.3, -0.25) is 4.79 Å². The van der Waals surface area contributed by atoms with E-state index in [1.54, 1.807) is 7.11 Å². The van der Waals surface area contributed by atoms with Crippen LogP contribution in [-0.2, 0) is 4.79 Å². The number of carbonyl (C=O) groups excluding carboxylic acids is 1. The number of unbranched alkanes of at least 4 members (excludes halogenated alkanes) is 7. The molecule has 1 rings (SSSR count). The Morgan fingerprint density at radius 1 is 1.04 bits per heavy atom. The van der Waals surface area contributed by atoms with E-state index < -0.39 is 0 Å². The van der Waals surface area contributed by atoms with Gasteiger partial charge in [-0.15, -0.1) is 0 Å². The maximum absolute atomic E-state index is 11.9. The Balaban J connectivity index is 2.54. The summed E-state index contributed by atoms with van der Waals surface area (Å²) in [4.78, 5) is 11.9. The monoisotopic (exact) mass is 364 g/mol. The molecule has 4 N–H and O–H groups in total. The molecule has 1 aromatic carbocycles. The fraction of sp³-hybridized carbons (Fsp3) is 0.667. The minimum atomic E-state index is -0.286. The zero-order valence-corrected chi connectivity index (χ0v) is 16.5. The number of carbonyl (C=O) groups is 1. The first kappa shape index (κ1) is 22.3. The van der Waals surface area contributed by atoms with Gasteiger partial charge in [0, 0.05) is 6.54 Å². The molecule has 5 heteroatoms. The highest BCUT2D eigenvalue weighted by atomic mass is 16.5. The molecule has 0 aliphatic carbocycles. The van der Waals surface area contributed by atoms with Crippen LogP contribution in [0.25, 0.3) is 0 Å². The van der Waals surface area contributed by atoms with Gasteiger partial charge in [0.2, 0.25) is 5.91 Å². The van der Waals surface area contributed by atoms with Crippen LogP contribution in [0.15, 0.2) is 18.2 Å². The standard InChI is InChI=1S/C21H36N2O3/c1-3-4-5-6-7-8-9-10-11-18(21(23)24)17-12-13-19(26-15-14-22)20(16-17)25-2/h12-13,16,18H,3-11,14-15,22H2,1-2H3,(H2,23,24). The van der Waals surface area contributed by atoms with Crippen molar-refractivity contribution in [2.24, 2.45) is 11.5 Å². The van der Waals surface area contributed by atoms with Crippen LogP contribution in [0.4, 0.5) is 0 Å². The van der Waals surface area contributed by atoms with E-state index in [1.165, 1.54) is 38.5 Å². The Morgan fingerprint density at radius 2 is 1.69 bits per heavy atom. The maximum Gasteiger partial charge on any atom is 0.224 e. The lowest BCUT2D eigenvalue weighted by Gasteiger charge is -2.17. The molecule has 0 heterocycles. The number of hydrogen-bond donors (Lipinski definition) is 2. The highest BCUT2D eigenvalue weighted by Crippen LogP contribution is 2.32. The van der Waals surface area contributed by atoms with Gasteiger partial charge in [0.25, 0.3) is 0 Å². The van der Waals surface area contributed by atoms with Gasteiger partial charge in [-0.25, -0.2) is 0 Å². The second-order valence-corrected chi connectivity index (χ2v) is 6.77. The molecule has 1 amide bonds. The van der Waals surface area contributed by atoms with Crippen molar-refractivity contribution in [1.82, 2.24) is 0 Å². The highest BCUT2D eigenvalue weighted by molar-refractivity contribution is 5.82. The van der Waals surface area contributed by atoms with Gasteiger partial charge in [-0.1, -0.05) is 64.4 Å². The molecule has 0 aliphatic rings. The molecular weight excluding hydrogens is 328 g/mol. The van der Waals surface area contributed by atoms with Gasteiger partial charge in [0.05, 0.1) is 13.0 Å². The van der Waals surface area contributed by atoms with E-state index in [0.717, 1.165) is 24.8 Å². The summed E-state index contributed by atoms with van der Waals surface area (Å²) in [7, 11) is 1.59. The first-order valence-corrected chi connectivity index (χ1v) is 9.94. The summed E-state index contributed by atoms with van der Waals surface area (Å²) in [6.45, 7) is 3.09. The number of benzene rings is 1. The molecule has 1 atom stereocenters. The van der Waals surface area contributed by atoms with Gasteiger partial charge >= 0.3 is 0 Å². The summed E-state index contributed by atoms with van der Waals surface area (Å²) < 4.78 is 10.9. The average molecular weight is 365 g/mol. The number of amides is 1. The van der Waals surface area contributed by atoms with Gasteiger partial charge in [-0.05, 0) is 24.1 Å². The number of rotatable bonds is 15. The van der Waals surface area contributed by atoms with Crippen LogP contribution in [0.2, 0.25) is 0 Å². The van der Waals surface area contributed by atoms with Crippen LogP contribution in [0, 0.1) is 0 Å². The SMILES string of the molecule is CCCCCCCCCCC(C(N)=O)c1ccc(OCCN)c(OC)c1. The third-order valence-corrected chi connectivity index (χ3v) is 4.66. The summed E-state index contributed by atoms with van der Waals surface area (Å²) in [6, 6.07) is 5.58. The molecular formula is C21H36N2O3. The third-order valence-electron chi connectivity index (χ3n) is 4.66. The number of methoxy groups -OCH3 is 1. The highest BCUT2D eigenvalue weighted by Gasteiger charge is 2.19. The Morgan fingerprint density at radius 3 is 2.27 bits per heavy atom. The molecule has 0 spiro atoms. The number of hydrogen-bond acceptors (Lipinski definition) is 4. The van der Waals surface area contributed by atoms with Crippen molar-refractivity contribution >= 4 is 5.91 Å². The van der Waals surface area contributed by atoms with Crippen molar-refractivity contribution in [3.05, 3.63) is 23.8 Å². The Kier molecular flexibility index (Phi) is 11.5. The van der Waals surface area contributed by atoms with E-state index in [9.17, 15) is 4.79 Å². The molecule has 1 aromatic rings. The fourth-order valence-electron chi connectivity index (χ4n) is 3.14. The molecule has 0 radical (unpaired) electrons. The van der Waals surface area contributed by atoms with E-state index in [1.807, 2.05) is 18.2 Å². The predicted octanol–water partition coefficient (Wildman–Crippen LogP) is 4.13. The van der Waals surface area contributed by atoms with Crippen molar-refractivity contribution in [2.45, 2.75) is 70.6 Å². The van der Waals surface area contributed by atoms with Crippen LogP contribution in [0.5, 0.6) is 11.5 Å².